The monoisotopic (exact) mass is 394 g/mol. The van der Waals surface area contributed by atoms with Gasteiger partial charge < -0.3 is 19.7 Å². The number of likely N-dealkylation sites (tertiary alicyclic amines) is 1. The Balaban J connectivity index is 1.66. The van der Waals surface area contributed by atoms with E-state index < -0.39 is 5.97 Å². The van der Waals surface area contributed by atoms with E-state index in [4.69, 9.17) is 21.1 Å². The molecule has 1 fully saturated rings. The highest BCUT2D eigenvalue weighted by atomic mass is 35.5. The Morgan fingerprint density at radius 1 is 1.19 bits per heavy atom. The van der Waals surface area contributed by atoms with Crippen LogP contribution in [0.2, 0.25) is 5.02 Å². The second-order valence-corrected chi connectivity index (χ2v) is 6.46. The third-order valence-electron chi connectivity index (χ3n) is 4.01. The molecule has 27 heavy (non-hydrogen) atoms. The van der Waals surface area contributed by atoms with Gasteiger partial charge in [-0.15, -0.1) is 0 Å². The van der Waals surface area contributed by atoms with Crippen LogP contribution in [0.1, 0.15) is 25.3 Å². The van der Waals surface area contributed by atoms with Gasteiger partial charge in [-0.1, -0.05) is 23.7 Å². The van der Waals surface area contributed by atoms with Crippen molar-refractivity contribution in [2.75, 3.05) is 26.3 Å². The second kappa shape index (κ2) is 10.6. The maximum atomic E-state index is 11.9. The SMILES string of the molecule is CCOC(=O)N1CCC(NC(=O)COC(=O)/C=C/c2ccc(Cl)cc2)CC1. The highest BCUT2D eigenvalue weighted by Crippen LogP contribution is 2.12. The van der Waals surface area contributed by atoms with Crippen LogP contribution < -0.4 is 5.32 Å². The first-order chi connectivity index (χ1) is 13.0. The number of nitrogens with one attached hydrogen (secondary N) is 1. The van der Waals surface area contributed by atoms with Crippen LogP contribution in [-0.4, -0.2) is 55.2 Å². The van der Waals surface area contributed by atoms with Crippen molar-refractivity contribution < 1.29 is 23.9 Å². The van der Waals surface area contributed by atoms with E-state index in [-0.39, 0.29) is 24.6 Å². The predicted octanol–water partition coefficient (Wildman–Crippen LogP) is 2.63. The normalized spacial score (nSPS) is 14.8. The number of benzene rings is 1. The molecule has 0 aliphatic carbocycles. The molecule has 7 nitrogen and oxygen atoms in total. The summed E-state index contributed by atoms with van der Waals surface area (Å²) < 4.78 is 9.89. The molecular weight excluding hydrogens is 372 g/mol. The Morgan fingerprint density at radius 2 is 1.85 bits per heavy atom. The highest BCUT2D eigenvalue weighted by Gasteiger charge is 2.24. The van der Waals surface area contributed by atoms with Crippen LogP contribution in [0.5, 0.6) is 0 Å². The molecule has 1 heterocycles. The van der Waals surface area contributed by atoms with Crippen molar-refractivity contribution in [3.8, 4) is 0 Å². The number of carbonyl (C=O) groups is 3. The molecule has 1 aromatic rings. The lowest BCUT2D eigenvalue weighted by molar-refractivity contribution is -0.144. The van der Waals surface area contributed by atoms with Gasteiger partial charge in [0.15, 0.2) is 6.61 Å². The number of nitrogens with zero attached hydrogens (tertiary/aromatic N) is 1. The number of hydrogen-bond donors (Lipinski definition) is 1. The largest absolute Gasteiger partial charge is 0.452 e. The van der Waals surface area contributed by atoms with E-state index in [9.17, 15) is 14.4 Å². The van der Waals surface area contributed by atoms with Crippen molar-refractivity contribution in [2.45, 2.75) is 25.8 Å². The summed E-state index contributed by atoms with van der Waals surface area (Å²) in [5.41, 5.74) is 0.800. The van der Waals surface area contributed by atoms with Crippen LogP contribution >= 0.6 is 11.6 Å². The minimum atomic E-state index is -0.600. The molecular formula is C19H23ClN2O5. The number of carbonyl (C=O) groups excluding carboxylic acids is 3. The molecule has 0 bridgehead atoms. The second-order valence-electron chi connectivity index (χ2n) is 6.02. The van der Waals surface area contributed by atoms with Crippen molar-refractivity contribution in [3.05, 3.63) is 40.9 Å². The van der Waals surface area contributed by atoms with Gasteiger partial charge in [-0.3, -0.25) is 4.79 Å². The molecule has 1 saturated heterocycles. The van der Waals surface area contributed by atoms with Gasteiger partial charge in [-0.05, 0) is 43.5 Å². The average molecular weight is 395 g/mol. The lowest BCUT2D eigenvalue weighted by atomic mass is 10.1. The number of ether oxygens (including phenoxy) is 2. The van der Waals surface area contributed by atoms with Gasteiger partial charge in [0.1, 0.15) is 0 Å². The molecule has 0 atom stereocenters. The Kier molecular flexibility index (Phi) is 8.13. The van der Waals surface area contributed by atoms with Crippen molar-refractivity contribution in [1.82, 2.24) is 10.2 Å². The fourth-order valence-corrected chi connectivity index (χ4v) is 2.74. The first-order valence-corrected chi connectivity index (χ1v) is 9.17. The van der Waals surface area contributed by atoms with Crippen molar-refractivity contribution in [2.24, 2.45) is 0 Å². The molecule has 1 aromatic carbocycles. The van der Waals surface area contributed by atoms with Gasteiger partial charge in [0.2, 0.25) is 0 Å². The molecule has 0 unspecified atom stereocenters. The molecule has 1 aliphatic rings. The lowest BCUT2D eigenvalue weighted by Gasteiger charge is -2.31. The van der Waals surface area contributed by atoms with Crippen LogP contribution in [0.15, 0.2) is 30.3 Å². The van der Waals surface area contributed by atoms with Crippen LogP contribution in [-0.2, 0) is 19.1 Å². The zero-order valence-corrected chi connectivity index (χ0v) is 15.9. The summed E-state index contributed by atoms with van der Waals surface area (Å²) in [5, 5.41) is 3.42. The summed E-state index contributed by atoms with van der Waals surface area (Å²) in [6.07, 6.45) is 3.78. The van der Waals surface area contributed by atoms with Crippen LogP contribution in [0.25, 0.3) is 6.08 Å². The first-order valence-electron chi connectivity index (χ1n) is 8.79. The van der Waals surface area contributed by atoms with Gasteiger partial charge in [-0.25, -0.2) is 9.59 Å². The Bertz CT molecular complexity index is 682. The Labute approximate surface area is 163 Å². The lowest BCUT2D eigenvalue weighted by Crippen LogP contribution is -2.47. The minimum absolute atomic E-state index is 0.0495. The van der Waals surface area contributed by atoms with E-state index in [0.717, 1.165) is 5.56 Å². The number of piperidine rings is 1. The third kappa shape index (κ3) is 7.30. The average Bonchev–Trinajstić information content (AvgIpc) is 2.66. The number of amides is 2. The van der Waals surface area contributed by atoms with Crippen molar-refractivity contribution in [1.29, 1.82) is 0 Å². The van der Waals surface area contributed by atoms with Gasteiger partial charge in [0.25, 0.3) is 5.91 Å². The topological polar surface area (TPSA) is 84.9 Å². The first kappa shape index (κ1) is 20.8. The zero-order chi connectivity index (χ0) is 19.6. The van der Waals surface area contributed by atoms with E-state index in [1.807, 2.05) is 0 Å². The fourth-order valence-electron chi connectivity index (χ4n) is 2.61. The predicted molar refractivity (Wildman–Crippen MR) is 101 cm³/mol. The number of halogens is 1. The van der Waals surface area contributed by atoms with Gasteiger partial charge in [-0.2, -0.15) is 0 Å². The molecule has 1 N–H and O–H groups in total. The molecule has 0 aromatic heterocycles. The molecule has 2 rings (SSSR count). The summed E-state index contributed by atoms with van der Waals surface area (Å²) in [5.74, 6) is -0.963. The summed E-state index contributed by atoms with van der Waals surface area (Å²) >= 11 is 5.79. The number of esters is 1. The molecule has 146 valence electrons. The van der Waals surface area contributed by atoms with E-state index >= 15 is 0 Å². The molecule has 0 saturated carbocycles. The molecule has 0 radical (unpaired) electrons. The Hall–Kier alpha value is -2.54. The molecule has 0 spiro atoms. The van der Waals surface area contributed by atoms with Crippen molar-refractivity contribution in [3.63, 3.8) is 0 Å². The number of rotatable bonds is 6. The minimum Gasteiger partial charge on any atom is -0.452 e. The third-order valence-corrected chi connectivity index (χ3v) is 4.27. The van der Waals surface area contributed by atoms with Crippen LogP contribution in [0.4, 0.5) is 4.79 Å². The highest BCUT2D eigenvalue weighted by molar-refractivity contribution is 6.30. The molecule has 8 heteroatoms. The van der Waals surface area contributed by atoms with E-state index in [1.165, 1.54) is 6.08 Å². The summed E-state index contributed by atoms with van der Waals surface area (Å²) in [6, 6.07) is 6.91. The smallest absolute Gasteiger partial charge is 0.409 e. The zero-order valence-electron chi connectivity index (χ0n) is 15.2. The summed E-state index contributed by atoms with van der Waals surface area (Å²) in [4.78, 5) is 36.8. The maximum absolute atomic E-state index is 11.9. The van der Waals surface area contributed by atoms with Gasteiger partial charge in [0.05, 0.1) is 6.61 Å². The van der Waals surface area contributed by atoms with Gasteiger partial charge in [0, 0.05) is 30.2 Å². The summed E-state index contributed by atoms with van der Waals surface area (Å²) in [7, 11) is 0. The fraction of sp³-hybridized carbons (Fsp3) is 0.421. The van der Waals surface area contributed by atoms with E-state index in [0.29, 0.717) is 37.6 Å². The molecule has 1 aliphatic heterocycles. The Morgan fingerprint density at radius 3 is 2.48 bits per heavy atom. The van der Waals surface area contributed by atoms with E-state index in [1.54, 1.807) is 42.2 Å². The maximum Gasteiger partial charge on any atom is 0.409 e. The molecule has 2 amide bonds. The van der Waals surface area contributed by atoms with Crippen LogP contribution in [0, 0.1) is 0 Å². The van der Waals surface area contributed by atoms with Crippen molar-refractivity contribution >= 4 is 35.6 Å². The summed E-state index contributed by atoms with van der Waals surface area (Å²) in [6.45, 7) is 2.80. The standard InChI is InChI=1S/C19H23ClN2O5/c1-2-26-19(25)22-11-9-16(10-12-22)21-17(23)13-27-18(24)8-5-14-3-6-15(20)7-4-14/h3-8,16H,2,9-13H2,1H3,(H,21,23)/b8-5+. The quantitative estimate of drug-likeness (QED) is 0.592. The van der Waals surface area contributed by atoms with Crippen LogP contribution in [0.3, 0.4) is 0 Å². The number of hydrogen-bond acceptors (Lipinski definition) is 5. The van der Waals surface area contributed by atoms with E-state index in [2.05, 4.69) is 5.32 Å². The van der Waals surface area contributed by atoms with Gasteiger partial charge >= 0.3 is 12.1 Å².